The molecule has 0 aliphatic carbocycles. The number of hydrogen-bond acceptors (Lipinski definition) is 3. The van der Waals surface area contributed by atoms with Crippen molar-refractivity contribution in [3.63, 3.8) is 0 Å². The standard InChI is InChI=1S/C15H23NO2.ClH/c1-12(2)18-15-8-4-3-7-14(15)17-11-13-6-5-9-16-10-13;/h3-4,7-8,12-13,16H,5-6,9-11H2,1-2H3;1H. The number of ether oxygens (including phenoxy) is 2. The molecule has 0 aromatic heterocycles. The van der Waals surface area contributed by atoms with E-state index in [1.54, 1.807) is 0 Å². The summed E-state index contributed by atoms with van der Waals surface area (Å²) >= 11 is 0. The van der Waals surface area contributed by atoms with Crippen LogP contribution in [0.5, 0.6) is 11.5 Å². The summed E-state index contributed by atoms with van der Waals surface area (Å²) in [6.45, 7) is 7.03. The van der Waals surface area contributed by atoms with Gasteiger partial charge in [0.1, 0.15) is 0 Å². The summed E-state index contributed by atoms with van der Waals surface area (Å²) in [6.07, 6.45) is 2.67. The molecule has 0 spiro atoms. The Kier molecular flexibility index (Phi) is 7.03. The van der Waals surface area contributed by atoms with Gasteiger partial charge in [-0.05, 0) is 45.4 Å². The van der Waals surface area contributed by atoms with Crippen molar-refractivity contribution < 1.29 is 9.47 Å². The van der Waals surface area contributed by atoms with Crippen molar-refractivity contribution >= 4 is 12.4 Å². The maximum Gasteiger partial charge on any atom is 0.161 e. The van der Waals surface area contributed by atoms with Crippen molar-refractivity contribution in [1.29, 1.82) is 0 Å². The first kappa shape index (κ1) is 16.1. The number of nitrogens with one attached hydrogen (secondary N) is 1. The topological polar surface area (TPSA) is 30.5 Å². The minimum Gasteiger partial charge on any atom is -0.489 e. The van der Waals surface area contributed by atoms with Gasteiger partial charge in [-0.2, -0.15) is 0 Å². The molecule has 2 rings (SSSR count). The second-order valence-corrected chi connectivity index (χ2v) is 5.14. The molecule has 0 amide bonds. The second kappa shape index (κ2) is 8.28. The van der Waals surface area contributed by atoms with E-state index in [0.29, 0.717) is 5.92 Å². The minimum absolute atomic E-state index is 0. The van der Waals surface area contributed by atoms with Gasteiger partial charge in [-0.15, -0.1) is 12.4 Å². The second-order valence-electron chi connectivity index (χ2n) is 5.14. The van der Waals surface area contributed by atoms with Gasteiger partial charge in [0.15, 0.2) is 11.5 Å². The largest absolute Gasteiger partial charge is 0.489 e. The number of para-hydroxylation sites is 2. The van der Waals surface area contributed by atoms with E-state index in [1.165, 1.54) is 12.8 Å². The average Bonchev–Trinajstić information content (AvgIpc) is 2.38. The smallest absolute Gasteiger partial charge is 0.161 e. The fourth-order valence-electron chi connectivity index (χ4n) is 2.19. The first-order chi connectivity index (χ1) is 8.75. The summed E-state index contributed by atoms with van der Waals surface area (Å²) in [5, 5.41) is 3.41. The summed E-state index contributed by atoms with van der Waals surface area (Å²) in [4.78, 5) is 0. The maximum atomic E-state index is 5.91. The van der Waals surface area contributed by atoms with Gasteiger partial charge < -0.3 is 14.8 Å². The Morgan fingerprint density at radius 1 is 1.26 bits per heavy atom. The van der Waals surface area contributed by atoms with Crippen molar-refractivity contribution in [1.82, 2.24) is 5.32 Å². The Morgan fingerprint density at radius 2 is 2.00 bits per heavy atom. The Labute approximate surface area is 122 Å². The number of halogens is 1. The van der Waals surface area contributed by atoms with E-state index in [-0.39, 0.29) is 18.5 Å². The van der Waals surface area contributed by atoms with Crippen molar-refractivity contribution in [3.05, 3.63) is 24.3 Å². The molecule has 1 fully saturated rings. The van der Waals surface area contributed by atoms with Crippen LogP contribution in [-0.4, -0.2) is 25.8 Å². The number of piperidine rings is 1. The molecule has 0 bridgehead atoms. The number of benzene rings is 1. The molecular weight excluding hydrogens is 262 g/mol. The molecule has 0 radical (unpaired) electrons. The van der Waals surface area contributed by atoms with E-state index in [4.69, 9.17) is 9.47 Å². The highest BCUT2D eigenvalue weighted by Gasteiger charge is 2.14. The van der Waals surface area contributed by atoms with Crippen molar-refractivity contribution in [2.45, 2.75) is 32.8 Å². The summed E-state index contributed by atoms with van der Waals surface area (Å²) in [7, 11) is 0. The molecule has 1 heterocycles. The fourth-order valence-corrected chi connectivity index (χ4v) is 2.19. The lowest BCUT2D eigenvalue weighted by molar-refractivity contribution is 0.192. The molecule has 108 valence electrons. The molecule has 1 saturated heterocycles. The van der Waals surface area contributed by atoms with Gasteiger partial charge in [0.25, 0.3) is 0 Å². The summed E-state index contributed by atoms with van der Waals surface area (Å²) in [5.74, 6) is 2.32. The number of rotatable bonds is 5. The molecule has 3 nitrogen and oxygen atoms in total. The van der Waals surface area contributed by atoms with Gasteiger partial charge in [0, 0.05) is 12.5 Å². The molecule has 1 atom stereocenters. The third-order valence-corrected chi connectivity index (χ3v) is 3.09. The SMILES string of the molecule is CC(C)Oc1ccccc1OCC1CCCNC1.Cl. The molecule has 4 heteroatoms. The molecule has 1 unspecified atom stereocenters. The summed E-state index contributed by atoms with van der Waals surface area (Å²) < 4.78 is 11.7. The van der Waals surface area contributed by atoms with E-state index in [1.807, 2.05) is 38.1 Å². The van der Waals surface area contributed by atoms with Crippen molar-refractivity contribution in [2.75, 3.05) is 19.7 Å². The maximum absolute atomic E-state index is 5.91. The van der Waals surface area contributed by atoms with E-state index in [0.717, 1.165) is 31.2 Å². The van der Waals surface area contributed by atoms with E-state index in [2.05, 4.69) is 5.32 Å². The predicted molar refractivity (Wildman–Crippen MR) is 80.5 cm³/mol. The molecule has 1 aliphatic heterocycles. The van der Waals surface area contributed by atoms with Gasteiger partial charge in [-0.1, -0.05) is 12.1 Å². The predicted octanol–water partition coefficient (Wildman–Crippen LogP) is 3.27. The minimum atomic E-state index is 0. The highest BCUT2D eigenvalue weighted by molar-refractivity contribution is 5.85. The van der Waals surface area contributed by atoms with Gasteiger partial charge in [0.2, 0.25) is 0 Å². The lowest BCUT2D eigenvalue weighted by atomic mass is 10.0. The molecule has 1 N–H and O–H groups in total. The summed E-state index contributed by atoms with van der Waals surface area (Å²) in [5.41, 5.74) is 0. The van der Waals surface area contributed by atoms with E-state index in [9.17, 15) is 0 Å². The normalized spacial score (nSPS) is 18.8. The molecular formula is C15H24ClNO2. The molecule has 19 heavy (non-hydrogen) atoms. The third kappa shape index (κ3) is 5.29. The highest BCUT2D eigenvalue weighted by atomic mass is 35.5. The zero-order valence-electron chi connectivity index (χ0n) is 11.7. The van der Waals surface area contributed by atoms with Crippen LogP contribution in [0.2, 0.25) is 0 Å². The van der Waals surface area contributed by atoms with Crippen LogP contribution < -0.4 is 14.8 Å². The molecule has 0 saturated carbocycles. The Bertz CT molecular complexity index is 365. The zero-order valence-corrected chi connectivity index (χ0v) is 12.5. The lowest BCUT2D eigenvalue weighted by Gasteiger charge is -2.23. The van der Waals surface area contributed by atoms with Crippen LogP contribution in [0.25, 0.3) is 0 Å². The Morgan fingerprint density at radius 3 is 2.63 bits per heavy atom. The summed E-state index contributed by atoms with van der Waals surface area (Å²) in [6, 6.07) is 7.91. The third-order valence-electron chi connectivity index (χ3n) is 3.09. The van der Waals surface area contributed by atoms with Crippen molar-refractivity contribution in [3.8, 4) is 11.5 Å². The van der Waals surface area contributed by atoms with Gasteiger partial charge in [-0.3, -0.25) is 0 Å². The van der Waals surface area contributed by atoms with Gasteiger partial charge in [0.05, 0.1) is 12.7 Å². The molecule has 1 aromatic carbocycles. The van der Waals surface area contributed by atoms with Crippen molar-refractivity contribution in [2.24, 2.45) is 5.92 Å². The monoisotopic (exact) mass is 285 g/mol. The van der Waals surface area contributed by atoms with E-state index < -0.39 is 0 Å². The van der Waals surface area contributed by atoms with Crippen LogP contribution in [0, 0.1) is 5.92 Å². The first-order valence-corrected chi connectivity index (χ1v) is 6.85. The number of hydrogen-bond donors (Lipinski definition) is 1. The van der Waals surface area contributed by atoms with Crippen LogP contribution in [0.4, 0.5) is 0 Å². The van der Waals surface area contributed by atoms with Gasteiger partial charge >= 0.3 is 0 Å². The van der Waals surface area contributed by atoms with E-state index >= 15 is 0 Å². The van der Waals surface area contributed by atoms with Crippen LogP contribution in [0.1, 0.15) is 26.7 Å². The zero-order chi connectivity index (χ0) is 12.8. The Balaban J connectivity index is 0.00000180. The Hall–Kier alpha value is -0.930. The van der Waals surface area contributed by atoms with Gasteiger partial charge in [-0.25, -0.2) is 0 Å². The fraction of sp³-hybridized carbons (Fsp3) is 0.600. The van der Waals surface area contributed by atoms with Crippen LogP contribution in [-0.2, 0) is 0 Å². The lowest BCUT2D eigenvalue weighted by Crippen LogP contribution is -2.33. The average molecular weight is 286 g/mol. The quantitative estimate of drug-likeness (QED) is 0.901. The molecule has 1 aliphatic rings. The first-order valence-electron chi connectivity index (χ1n) is 6.85. The van der Waals surface area contributed by atoms with Crippen LogP contribution in [0.15, 0.2) is 24.3 Å². The van der Waals surface area contributed by atoms with Crippen LogP contribution >= 0.6 is 12.4 Å². The van der Waals surface area contributed by atoms with Crippen LogP contribution in [0.3, 0.4) is 0 Å². The molecule has 1 aromatic rings. The highest BCUT2D eigenvalue weighted by Crippen LogP contribution is 2.28.